The first-order valence-electron chi connectivity index (χ1n) is 9.29. The van der Waals surface area contributed by atoms with Crippen molar-refractivity contribution in [2.45, 2.75) is 0 Å². The number of ether oxygens (including phenoxy) is 3. The standard InChI is InChI=1S/C23H21N3O4/c1-28-19-12-16(13-20(29-2)21(19)30-3)24-23(27)15-10-8-14(9-11-15)22-25-17-6-4-5-7-18(17)26-22/h4-13H,1-3H3,(H,24,27)(H,25,26). The maximum Gasteiger partial charge on any atom is 0.255 e. The molecular formula is C23H21N3O4. The minimum absolute atomic E-state index is 0.250. The number of carbonyl (C=O) groups excluding carboxylic acids is 1. The van der Waals surface area contributed by atoms with Gasteiger partial charge in [-0.2, -0.15) is 0 Å². The van der Waals surface area contributed by atoms with Crippen LogP contribution >= 0.6 is 0 Å². The number of hydrogen-bond donors (Lipinski definition) is 2. The van der Waals surface area contributed by atoms with Crippen LogP contribution in [0.5, 0.6) is 17.2 Å². The lowest BCUT2D eigenvalue weighted by Crippen LogP contribution is -2.12. The van der Waals surface area contributed by atoms with Crippen LogP contribution in [0.4, 0.5) is 5.69 Å². The molecule has 0 saturated heterocycles. The zero-order valence-electron chi connectivity index (χ0n) is 16.9. The molecule has 0 spiro atoms. The van der Waals surface area contributed by atoms with E-state index in [1.807, 2.05) is 36.4 Å². The molecule has 0 fully saturated rings. The van der Waals surface area contributed by atoms with E-state index in [4.69, 9.17) is 14.2 Å². The molecule has 7 nitrogen and oxygen atoms in total. The first-order valence-corrected chi connectivity index (χ1v) is 9.29. The third kappa shape index (κ3) is 3.65. The molecule has 30 heavy (non-hydrogen) atoms. The number of nitrogens with one attached hydrogen (secondary N) is 2. The Bertz CT molecular complexity index is 1140. The van der Waals surface area contributed by atoms with Gasteiger partial charge in [0.25, 0.3) is 5.91 Å². The van der Waals surface area contributed by atoms with Crippen molar-refractivity contribution < 1.29 is 19.0 Å². The highest BCUT2D eigenvalue weighted by Crippen LogP contribution is 2.40. The van der Waals surface area contributed by atoms with Gasteiger partial charge in [-0.05, 0) is 24.3 Å². The van der Waals surface area contributed by atoms with Gasteiger partial charge in [-0.15, -0.1) is 0 Å². The van der Waals surface area contributed by atoms with E-state index in [9.17, 15) is 4.79 Å². The van der Waals surface area contributed by atoms with Crippen molar-refractivity contribution in [3.63, 3.8) is 0 Å². The zero-order chi connectivity index (χ0) is 21.1. The van der Waals surface area contributed by atoms with Gasteiger partial charge in [-0.1, -0.05) is 24.3 Å². The number of aromatic nitrogens is 2. The monoisotopic (exact) mass is 403 g/mol. The molecule has 4 rings (SSSR count). The molecular weight excluding hydrogens is 382 g/mol. The lowest BCUT2D eigenvalue weighted by molar-refractivity contribution is 0.102. The van der Waals surface area contributed by atoms with Crippen LogP contribution in [-0.2, 0) is 0 Å². The number of aromatic amines is 1. The van der Waals surface area contributed by atoms with Gasteiger partial charge in [0.15, 0.2) is 11.5 Å². The Hall–Kier alpha value is -4.00. The molecule has 0 atom stereocenters. The maximum absolute atomic E-state index is 12.7. The van der Waals surface area contributed by atoms with E-state index in [0.29, 0.717) is 28.5 Å². The molecule has 0 saturated carbocycles. The first kappa shape index (κ1) is 19.3. The first-order chi connectivity index (χ1) is 14.6. The molecule has 1 aromatic heterocycles. The Morgan fingerprint density at radius 2 is 1.57 bits per heavy atom. The van der Waals surface area contributed by atoms with Crippen molar-refractivity contribution in [3.8, 4) is 28.6 Å². The number of methoxy groups -OCH3 is 3. The van der Waals surface area contributed by atoms with E-state index in [-0.39, 0.29) is 5.91 Å². The summed E-state index contributed by atoms with van der Waals surface area (Å²) < 4.78 is 16.0. The van der Waals surface area contributed by atoms with Crippen LogP contribution < -0.4 is 19.5 Å². The van der Waals surface area contributed by atoms with Crippen molar-refractivity contribution in [3.05, 3.63) is 66.2 Å². The summed E-state index contributed by atoms with van der Waals surface area (Å²) in [6, 6.07) is 18.4. The largest absolute Gasteiger partial charge is 0.493 e. The quantitative estimate of drug-likeness (QED) is 0.495. The smallest absolute Gasteiger partial charge is 0.255 e. The van der Waals surface area contributed by atoms with Gasteiger partial charge >= 0.3 is 0 Å². The summed E-state index contributed by atoms with van der Waals surface area (Å²) in [5.41, 5.74) is 3.82. The highest BCUT2D eigenvalue weighted by Gasteiger charge is 2.15. The number of benzene rings is 3. The van der Waals surface area contributed by atoms with Crippen LogP contribution in [-0.4, -0.2) is 37.2 Å². The van der Waals surface area contributed by atoms with Gasteiger partial charge in [0, 0.05) is 28.9 Å². The van der Waals surface area contributed by atoms with Crippen molar-refractivity contribution >= 4 is 22.6 Å². The van der Waals surface area contributed by atoms with Crippen molar-refractivity contribution in [1.29, 1.82) is 0 Å². The van der Waals surface area contributed by atoms with E-state index in [2.05, 4.69) is 15.3 Å². The molecule has 0 aliphatic carbocycles. The molecule has 1 heterocycles. The highest BCUT2D eigenvalue weighted by molar-refractivity contribution is 6.04. The third-order valence-electron chi connectivity index (χ3n) is 4.73. The second kappa shape index (κ2) is 8.16. The second-order valence-corrected chi connectivity index (χ2v) is 6.55. The van der Waals surface area contributed by atoms with Crippen molar-refractivity contribution in [2.24, 2.45) is 0 Å². The summed E-state index contributed by atoms with van der Waals surface area (Å²) in [7, 11) is 4.58. The Labute approximate surface area is 173 Å². The molecule has 0 unspecified atom stereocenters. The summed E-state index contributed by atoms with van der Waals surface area (Å²) in [4.78, 5) is 20.6. The van der Waals surface area contributed by atoms with Crippen LogP contribution in [0.3, 0.4) is 0 Å². The fraction of sp³-hybridized carbons (Fsp3) is 0.130. The number of fused-ring (bicyclic) bond motifs is 1. The van der Waals surface area contributed by atoms with E-state index in [1.165, 1.54) is 21.3 Å². The number of para-hydroxylation sites is 2. The average molecular weight is 403 g/mol. The summed E-state index contributed by atoms with van der Waals surface area (Å²) >= 11 is 0. The minimum atomic E-state index is -0.250. The lowest BCUT2D eigenvalue weighted by Gasteiger charge is -2.14. The number of hydrogen-bond acceptors (Lipinski definition) is 5. The number of anilines is 1. The van der Waals surface area contributed by atoms with E-state index in [1.54, 1.807) is 24.3 Å². The Morgan fingerprint density at radius 1 is 0.900 bits per heavy atom. The Kier molecular flexibility index (Phi) is 5.26. The van der Waals surface area contributed by atoms with Crippen molar-refractivity contribution in [1.82, 2.24) is 9.97 Å². The summed E-state index contributed by atoms with van der Waals surface area (Å²) in [5, 5.41) is 2.86. The van der Waals surface area contributed by atoms with E-state index in [0.717, 1.165) is 22.4 Å². The van der Waals surface area contributed by atoms with Crippen LogP contribution in [0.15, 0.2) is 60.7 Å². The van der Waals surface area contributed by atoms with Gasteiger partial charge in [-0.25, -0.2) is 4.98 Å². The second-order valence-electron chi connectivity index (χ2n) is 6.55. The normalized spacial score (nSPS) is 10.6. The predicted molar refractivity (Wildman–Crippen MR) is 116 cm³/mol. The summed E-state index contributed by atoms with van der Waals surface area (Å²) in [5.74, 6) is 1.90. The molecule has 0 radical (unpaired) electrons. The fourth-order valence-corrected chi connectivity index (χ4v) is 3.23. The number of rotatable bonds is 6. The van der Waals surface area contributed by atoms with Crippen LogP contribution in [0.25, 0.3) is 22.4 Å². The molecule has 2 N–H and O–H groups in total. The molecule has 1 amide bonds. The number of nitrogens with zero attached hydrogens (tertiary/aromatic N) is 1. The molecule has 152 valence electrons. The fourth-order valence-electron chi connectivity index (χ4n) is 3.23. The summed E-state index contributed by atoms with van der Waals surface area (Å²) in [6.07, 6.45) is 0. The van der Waals surface area contributed by atoms with Gasteiger partial charge in [-0.3, -0.25) is 4.79 Å². The molecule has 0 bridgehead atoms. The van der Waals surface area contributed by atoms with Crippen molar-refractivity contribution in [2.75, 3.05) is 26.6 Å². The zero-order valence-corrected chi connectivity index (χ0v) is 16.9. The predicted octanol–water partition coefficient (Wildman–Crippen LogP) is 4.51. The van der Waals surface area contributed by atoms with E-state index >= 15 is 0 Å². The highest BCUT2D eigenvalue weighted by atomic mass is 16.5. The summed E-state index contributed by atoms with van der Waals surface area (Å²) in [6.45, 7) is 0. The Balaban J connectivity index is 1.55. The number of carbonyl (C=O) groups is 1. The number of imidazole rings is 1. The van der Waals surface area contributed by atoms with Crippen LogP contribution in [0.1, 0.15) is 10.4 Å². The Morgan fingerprint density at radius 3 is 2.17 bits per heavy atom. The third-order valence-corrected chi connectivity index (χ3v) is 4.73. The number of amides is 1. The van der Waals surface area contributed by atoms with Gasteiger partial charge in [0.1, 0.15) is 5.82 Å². The topological polar surface area (TPSA) is 85.5 Å². The molecule has 7 heteroatoms. The van der Waals surface area contributed by atoms with Gasteiger partial charge in [0.2, 0.25) is 5.75 Å². The van der Waals surface area contributed by atoms with E-state index < -0.39 is 0 Å². The van der Waals surface area contributed by atoms with Crippen LogP contribution in [0, 0.1) is 0 Å². The number of H-pyrrole nitrogens is 1. The molecule has 3 aromatic carbocycles. The maximum atomic E-state index is 12.7. The molecule has 0 aliphatic rings. The van der Waals surface area contributed by atoms with Gasteiger partial charge in [0.05, 0.1) is 32.4 Å². The van der Waals surface area contributed by atoms with Crippen LogP contribution in [0.2, 0.25) is 0 Å². The minimum Gasteiger partial charge on any atom is -0.493 e. The SMILES string of the molecule is COc1cc(NC(=O)c2ccc(-c3nc4ccccc4[nH]3)cc2)cc(OC)c1OC. The molecule has 4 aromatic rings. The lowest BCUT2D eigenvalue weighted by atomic mass is 10.1. The molecule has 0 aliphatic heterocycles. The average Bonchev–Trinajstić information content (AvgIpc) is 3.22. The van der Waals surface area contributed by atoms with Gasteiger partial charge < -0.3 is 24.5 Å².